The van der Waals surface area contributed by atoms with Gasteiger partial charge in [-0.2, -0.15) is 10.4 Å². The molecule has 0 saturated heterocycles. The third-order valence-electron chi connectivity index (χ3n) is 2.89. The Morgan fingerprint density at radius 1 is 1.32 bits per heavy atom. The quantitative estimate of drug-likeness (QED) is 0.882. The number of hydrogen-bond donors (Lipinski definition) is 1. The van der Waals surface area contributed by atoms with Crippen molar-refractivity contribution < 1.29 is 4.52 Å². The predicted octanol–water partition coefficient (Wildman–Crippen LogP) is 2.07. The van der Waals surface area contributed by atoms with Crippen molar-refractivity contribution >= 4 is 5.82 Å². The lowest BCUT2D eigenvalue weighted by Gasteiger charge is -2.11. The Balaban J connectivity index is 2.28. The van der Waals surface area contributed by atoms with Gasteiger partial charge in [0, 0.05) is 6.07 Å². The maximum atomic E-state index is 9.32. The molecule has 2 heterocycles. The van der Waals surface area contributed by atoms with Gasteiger partial charge >= 0.3 is 0 Å². The van der Waals surface area contributed by atoms with Crippen LogP contribution in [0.3, 0.4) is 0 Å². The predicted molar refractivity (Wildman–Crippen MR) is 69.3 cm³/mol. The minimum atomic E-state index is 0.453. The van der Waals surface area contributed by atoms with Crippen LogP contribution in [0.4, 0.5) is 5.82 Å². The van der Waals surface area contributed by atoms with Gasteiger partial charge in [0.1, 0.15) is 23.6 Å². The smallest absolute Gasteiger partial charge is 0.167 e. The second-order valence-electron chi connectivity index (χ2n) is 4.01. The molecular formula is C13H15N5O. The molecule has 0 aliphatic heterocycles. The molecule has 2 aromatic rings. The van der Waals surface area contributed by atoms with E-state index >= 15 is 0 Å². The molecule has 0 amide bonds. The van der Waals surface area contributed by atoms with Crippen LogP contribution >= 0.6 is 0 Å². The van der Waals surface area contributed by atoms with Crippen LogP contribution in [0, 0.1) is 11.3 Å². The molecule has 0 aliphatic carbocycles. The van der Waals surface area contributed by atoms with Gasteiger partial charge in [0.15, 0.2) is 5.82 Å². The summed E-state index contributed by atoms with van der Waals surface area (Å²) < 4.78 is 4.75. The molecule has 0 radical (unpaired) electrons. The molecule has 2 rings (SSSR count). The SMILES string of the molecule is CCc1nnc(NCc2ccon2)c(C#N)c1CC. The highest BCUT2D eigenvalue weighted by molar-refractivity contribution is 5.56. The fourth-order valence-corrected chi connectivity index (χ4v) is 1.92. The number of nitrogens with zero attached hydrogens (tertiary/aromatic N) is 4. The Hall–Kier alpha value is -2.42. The summed E-state index contributed by atoms with van der Waals surface area (Å²) in [6.07, 6.45) is 3.04. The van der Waals surface area contributed by atoms with E-state index in [1.54, 1.807) is 6.07 Å². The Morgan fingerprint density at radius 2 is 2.16 bits per heavy atom. The second kappa shape index (κ2) is 5.96. The molecule has 0 unspecified atom stereocenters. The molecule has 6 heteroatoms. The standard InChI is InChI=1S/C13H15N5O/c1-3-10-11(7-14)13(17-16-12(10)4-2)15-8-9-5-6-19-18-9/h5-6H,3-4,8H2,1-2H3,(H,15,17). The zero-order chi connectivity index (χ0) is 13.7. The minimum Gasteiger partial charge on any atom is -0.364 e. The largest absolute Gasteiger partial charge is 0.364 e. The van der Waals surface area contributed by atoms with E-state index in [4.69, 9.17) is 4.52 Å². The Morgan fingerprint density at radius 3 is 2.74 bits per heavy atom. The lowest BCUT2D eigenvalue weighted by Crippen LogP contribution is -2.10. The van der Waals surface area contributed by atoms with Crippen LogP contribution in [0.1, 0.15) is 36.4 Å². The van der Waals surface area contributed by atoms with Gasteiger partial charge in [-0.15, -0.1) is 5.10 Å². The van der Waals surface area contributed by atoms with Gasteiger partial charge in [-0.1, -0.05) is 19.0 Å². The third-order valence-corrected chi connectivity index (χ3v) is 2.89. The second-order valence-corrected chi connectivity index (χ2v) is 4.01. The fourth-order valence-electron chi connectivity index (χ4n) is 1.92. The molecule has 0 spiro atoms. The van der Waals surface area contributed by atoms with Crippen LogP contribution in [-0.2, 0) is 19.4 Å². The number of nitrogens with one attached hydrogen (secondary N) is 1. The average molecular weight is 257 g/mol. The summed E-state index contributed by atoms with van der Waals surface area (Å²) in [6.45, 7) is 4.47. The molecule has 2 aromatic heterocycles. The fraction of sp³-hybridized carbons (Fsp3) is 0.385. The summed E-state index contributed by atoms with van der Waals surface area (Å²) in [5.41, 5.74) is 3.16. The first kappa shape index (κ1) is 13.0. The number of nitriles is 1. The first-order valence-corrected chi connectivity index (χ1v) is 6.21. The first-order valence-electron chi connectivity index (χ1n) is 6.21. The van der Waals surface area contributed by atoms with Gasteiger partial charge in [0.25, 0.3) is 0 Å². The van der Waals surface area contributed by atoms with Crippen LogP contribution in [0.2, 0.25) is 0 Å². The Labute approximate surface area is 111 Å². The minimum absolute atomic E-state index is 0.453. The van der Waals surface area contributed by atoms with Gasteiger partial charge in [0.05, 0.1) is 12.2 Å². The maximum Gasteiger partial charge on any atom is 0.167 e. The summed E-state index contributed by atoms with van der Waals surface area (Å²) in [7, 11) is 0. The van der Waals surface area contributed by atoms with E-state index in [-0.39, 0.29) is 0 Å². The number of rotatable bonds is 5. The zero-order valence-electron chi connectivity index (χ0n) is 11.0. The topological polar surface area (TPSA) is 87.6 Å². The molecule has 0 atom stereocenters. The van der Waals surface area contributed by atoms with E-state index in [2.05, 4.69) is 26.7 Å². The van der Waals surface area contributed by atoms with E-state index in [1.807, 2.05) is 13.8 Å². The van der Waals surface area contributed by atoms with E-state index in [0.717, 1.165) is 29.8 Å². The van der Waals surface area contributed by atoms with Crippen molar-refractivity contribution in [2.45, 2.75) is 33.2 Å². The highest BCUT2D eigenvalue weighted by atomic mass is 16.5. The molecule has 19 heavy (non-hydrogen) atoms. The number of anilines is 1. The van der Waals surface area contributed by atoms with Gasteiger partial charge in [-0.3, -0.25) is 0 Å². The van der Waals surface area contributed by atoms with Crippen molar-refractivity contribution in [1.29, 1.82) is 5.26 Å². The number of hydrogen-bond acceptors (Lipinski definition) is 6. The normalized spacial score (nSPS) is 10.2. The van der Waals surface area contributed by atoms with E-state index < -0.39 is 0 Å². The molecule has 0 bridgehead atoms. The van der Waals surface area contributed by atoms with Gasteiger partial charge in [-0.05, 0) is 18.4 Å². The zero-order valence-corrected chi connectivity index (χ0v) is 11.0. The lowest BCUT2D eigenvalue weighted by molar-refractivity contribution is 0.412. The van der Waals surface area contributed by atoms with Crippen molar-refractivity contribution in [1.82, 2.24) is 15.4 Å². The summed E-state index contributed by atoms with van der Waals surface area (Å²) in [6, 6.07) is 3.97. The first-order chi connectivity index (χ1) is 9.30. The van der Waals surface area contributed by atoms with Crippen molar-refractivity contribution in [3.8, 4) is 6.07 Å². The highest BCUT2D eigenvalue weighted by Crippen LogP contribution is 2.20. The summed E-state index contributed by atoms with van der Waals surface area (Å²) >= 11 is 0. The van der Waals surface area contributed by atoms with Crippen LogP contribution in [-0.4, -0.2) is 15.4 Å². The average Bonchev–Trinajstić information content (AvgIpc) is 2.96. The van der Waals surface area contributed by atoms with E-state index in [1.165, 1.54) is 6.26 Å². The number of aryl methyl sites for hydroxylation is 1. The van der Waals surface area contributed by atoms with Gasteiger partial charge in [0.2, 0.25) is 0 Å². The summed E-state index contributed by atoms with van der Waals surface area (Å²) in [5.74, 6) is 0.500. The van der Waals surface area contributed by atoms with Crippen LogP contribution in [0.15, 0.2) is 16.9 Å². The molecule has 0 aromatic carbocycles. The van der Waals surface area contributed by atoms with E-state index in [0.29, 0.717) is 17.9 Å². The molecule has 0 fully saturated rings. The van der Waals surface area contributed by atoms with E-state index in [9.17, 15) is 5.26 Å². The maximum absolute atomic E-state index is 9.32. The Kier molecular flexibility index (Phi) is 4.08. The lowest BCUT2D eigenvalue weighted by atomic mass is 10.0. The highest BCUT2D eigenvalue weighted by Gasteiger charge is 2.14. The third kappa shape index (κ3) is 2.71. The van der Waals surface area contributed by atoms with Gasteiger partial charge in [-0.25, -0.2) is 0 Å². The molecule has 98 valence electrons. The van der Waals surface area contributed by atoms with Crippen molar-refractivity contribution in [3.05, 3.63) is 34.8 Å². The molecule has 0 saturated carbocycles. The van der Waals surface area contributed by atoms with Crippen molar-refractivity contribution in [2.75, 3.05) is 5.32 Å². The molecular weight excluding hydrogens is 242 g/mol. The van der Waals surface area contributed by atoms with Crippen LogP contribution in [0.5, 0.6) is 0 Å². The summed E-state index contributed by atoms with van der Waals surface area (Å²) in [4.78, 5) is 0. The molecule has 0 aliphatic rings. The van der Waals surface area contributed by atoms with Crippen LogP contribution < -0.4 is 5.32 Å². The van der Waals surface area contributed by atoms with Crippen molar-refractivity contribution in [3.63, 3.8) is 0 Å². The van der Waals surface area contributed by atoms with Crippen molar-refractivity contribution in [2.24, 2.45) is 0 Å². The molecule has 1 N–H and O–H groups in total. The summed E-state index contributed by atoms with van der Waals surface area (Å²) in [5, 5.41) is 24.4. The molecule has 6 nitrogen and oxygen atoms in total. The number of aromatic nitrogens is 3. The van der Waals surface area contributed by atoms with Crippen LogP contribution in [0.25, 0.3) is 0 Å². The monoisotopic (exact) mass is 257 g/mol. The van der Waals surface area contributed by atoms with Gasteiger partial charge < -0.3 is 9.84 Å². The Bertz CT molecular complexity index is 586.